The fourth-order valence-electron chi connectivity index (χ4n) is 3.69. The van der Waals surface area contributed by atoms with Crippen molar-refractivity contribution in [3.63, 3.8) is 0 Å². The largest absolute Gasteiger partial charge is 0.416 e. The van der Waals surface area contributed by atoms with Crippen LogP contribution in [0.3, 0.4) is 0 Å². The first-order valence-electron chi connectivity index (χ1n) is 8.82. The van der Waals surface area contributed by atoms with Gasteiger partial charge in [-0.25, -0.2) is 4.39 Å². The van der Waals surface area contributed by atoms with Gasteiger partial charge in [-0.3, -0.25) is 4.79 Å². The number of fused-ring (bicyclic) bond motifs is 1. The summed E-state index contributed by atoms with van der Waals surface area (Å²) in [5, 5.41) is 0.899. The molecule has 154 valence electrons. The number of ketones is 1. The molecule has 0 spiro atoms. The van der Waals surface area contributed by atoms with Gasteiger partial charge in [-0.1, -0.05) is 47.6 Å². The zero-order valence-electron chi connectivity index (χ0n) is 15.5. The van der Waals surface area contributed by atoms with Gasteiger partial charge in [0.1, 0.15) is 5.82 Å². The molecule has 0 aliphatic carbocycles. The quantitative estimate of drug-likeness (QED) is 0.452. The number of hydrogen-bond acceptors (Lipinski definition) is 3. The van der Waals surface area contributed by atoms with Gasteiger partial charge in [0, 0.05) is 21.5 Å². The third-order valence-electron chi connectivity index (χ3n) is 5.00. The molecule has 1 aliphatic rings. The highest BCUT2D eigenvalue weighted by molar-refractivity contribution is 8.05. The van der Waals surface area contributed by atoms with E-state index in [9.17, 15) is 22.4 Å². The molecule has 4 rings (SSSR count). The van der Waals surface area contributed by atoms with Crippen LogP contribution in [-0.4, -0.2) is 5.78 Å². The molecule has 1 heterocycles. The summed E-state index contributed by atoms with van der Waals surface area (Å²) in [7, 11) is 0. The average molecular weight is 452 g/mol. The molecule has 3 aromatic carbocycles. The molecule has 0 aromatic heterocycles. The maximum atomic E-state index is 14.7. The number of hydrogen-bond donors (Lipinski definition) is 1. The van der Waals surface area contributed by atoms with Gasteiger partial charge in [0.15, 0.2) is 10.7 Å². The van der Waals surface area contributed by atoms with Gasteiger partial charge in [-0.05, 0) is 53.1 Å². The fraction of sp³-hybridized carbons (Fsp3) is 0.136. The van der Waals surface area contributed by atoms with Crippen molar-refractivity contribution in [3.8, 4) is 0 Å². The molecule has 1 aliphatic heterocycles. The maximum Gasteiger partial charge on any atom is 0.416 e. The van der Waals surface area contributed by atoms with E-state index in [1.54, 1.807) is 19.1 Å². The summed E-state index contributed by atoms with van der Waals surface area (Å²) in [6, 6.07) is 11.9. The molecule has 8 heteroatoms. The maximum absolute atomic E-state index is 14.7. The van der Waals surface area contributed by atoms with Gasteiger partial charge in [0.25, 0.3) is 0 Å². The lowest BCUT2D eigenvalue weighted by Crippen LogP contribution is -2.39. The predicted octanol–water partition coefficient (Wildman–Crippen LogP) is 6.51. The molecule has 0 radical (unpaired) electrons. The molecule has 2 N–H and O–H groups in total. The number of nitrogens with two attached hydrogens (primary N) is 1. The minimum atomic E-state index is -4.55. The van der Waals surface area contributed by atoms with Gasteiger partial charge in [0.2, 0.25) is 0 Å². The van der Waals surface area contributed by atoms with Crippen LogP contribution in [-0.2, 0) is 15.8 Å². The topological polar surface area (TPSA) is 43.1 Å². The summed E-state index contributed by atoms with van der Waals surface area (Å²) < 4.78 is 54.1. The molecule has 0 fully saturated rings. The molecule has 0 saturated carbocycles. The molecule has 30 heavy (non-hydrogen) atoms. The lowest BCUT2D eigenvalue weighted by atomic mass is 9.89. The third kappa shape index (κ3) is 3.31. The van der Waals surface area contributed by atoms with Gasteiger partial charge in [-0.15, -0.1) is 0 Å². The predicted molar refractivity (Wildman–Crippen MR) is 111 cm³/mol. The van der Waals surface area contributed by atoms with Crippen molar-refractivity contribution in [2.45, 2.75) is 18.0 Å². The van der Waals surface area contributed by atoms with Crippen LogP contribution in [0.1, 0.15) is 23.6 Å². The third-order valence-corrected chi connectivity index (χ3v) is 6.46. The number of Topliss-reactive ketones (excluding diaryl/α,β-unsaturated/α-hetero) is 1. The second kappa shape index (κ2) is 7.11. The van der Waals surface area contributed by atoms with Gasteiger partial charge in [0.05, 0.1) is 5.56 Å². The minimum absolute atomic E-state index is 0.0815. The fourth-order valence-corrected chi connectivity index (χ4v) is 5.17. The van der Waals surface area contributed by atoms with Crippen molar-refractivity contribution in [1.82, 2.24) is 0 Å². The van der Waals surface area contributed by atoms with Crippen LogP contribution < -0.4 is 5.73 Å². The summed E-state index contributed by atoms with van der Waals surface area (Å²) in [5.41, 5.74) is 6.00. The van der Waals surface area contributed by atoms with Crippen molar-refractivity contribution in [1.29, 1.82) is 0 Å². The van der Waals surface area contributed by atoms with Crippen molar-refractivity contribution in [2.24, 2.45) is 5.73 Å². The highest BCUT2D eigenvalue weighted by atomic mass is 35.5. The van der Waals surface area contributed by atoms with E-state index in [2.05, 4.69) is 0 Å². The van der Waals surface area contributed by atoms with E-state index in [1.807, 2.05) is 0 Å². The molecule has 3 aromatic rings. The average Bonchev–Trinajstić information content (AvgIpc) is 2.90. The number of benzene rings is 3. The summed E-state index contributed by atoms with van der Waals surface area (Å²) >= 11 is 7.17. The number of thioether (sulfide) groups is 1. The molecule has 0 amide bonds. The van der Waals surface area contributed by atoms with Gasteiger partial charge in [-0.2, -0.15) is 13.2 Å². The Morgan fingerprint density at radius 2 is 1.77 bits per heavy atom. The molecule has 0 saturated heterocycles. The molecule has 2 nitrogen and oxygen atoms in total. The van der Waals surface area contributed by atoms with Crippen molar-refractivity contribution in [3.05, 3.63) is 87.0 Å². The van der Waals surface area contributed by atoms with E-state index in [4.69, 9.17) is 17.3 Å². The van der Waals surface area contributed by atoms with E-state index in [-0.39, 0.29) is 27.1 Å². The Bertz CT molecular complexity index is 1240. The van der Waals surface area contributed by atoms with Crippen molar-refractivity contribution in [2.75, 3.05) is 0 Å². The lowest BCUT2D eigenvalue weighted by Gasteiger charge is -2.25. The van der Waals surface area contributed by atoms with E-state index in [0.717, 1.165) is 23.9 Å². The smallest absolute Gasteiger partial charge is 0.306 e. The van der Waals surface area contributed by atoms with E-state index in [1.165, 1.54) is 30.3 Å². The highest BCUT2D eigenvalue weighted by Crippen LogP contribution is 2.52. The van der Waals surface area contributed by atoms with E-state index >= 15 is 0 Å². The summed E-state index contributed by atoms with van der Waals surface area (Å²) in [5.74, 6) is -1.17. The van der Waals surface area contributed by atoms with Crippen LogP contribution in [0.25, 0.3) is 16.3 Å². The number of carbonyl (C=O) groups excluding carboxylic acids is 1. The van der Waals surface area contributed by atoms with Crippen LogP contribution in [0.4, 0.5) is 17.6 Å². The molecular weight excluding hydrogens is 438 g/mol. The monoisotopic (exact) mass is 451 g/mol. The normalized spacial score (nSPS) is 19.8. The summed E-state index contributed by atoms with van der Waals surface area (Å²) in [6.45, 7) is 1.61. The van der Waals surface area contributed by atoms with Gasteiger partial charge >= 0.3 is 6.18 Å². The zero-order valence-corrected chi connectivity index (χ0v) is 17.1. The van der Waals surface area contributed by atoms with Crippen LogP contribution >= 0.6 is 23.4 Å². The van der Waals surface area contributed by atoms with Crippen molar-refractivity contribution >= 4 is 45.5 Å². The second-order valence-corrected chi connectivity index (χ2v) is 8.86. The van der Waals surface area contributed by atoms with Gasteiger partial charge < -0.3 is 5.73 Å². The van der Waals surface area contributed by atoms with Crippen molar-refractivity contribution < 1.29 is 22.4 Å². The second-order valence-electron chi connectivity index (χ2n) is 6.97. The number of rotatable bonds is 2. The first kappa shape index (κ1) is 20.9. The number of alkyl halides is 3. The van der Waals surface area contributed by atoms with E-state index < -0.39 is 28.2 Å². The Hall–Kier alpha value is -2.35. The standard InChI is InChI=1S/C22H14ClF4NOS/c1-11-18(12-4-2-6-14(8-12)22(25,26)27)20(29)21(28,30-11)16-10-15(23)9-13-5-3-7-17(24)19(13)16/h2-10H,28H2,1H3. The Morgan fingerprint density at radius 3 is 2.47 bits per heavy atom. The Kier molecular flexibility index (Phi) is 4.96. The first-order valence-corrected chi connectivity index (χ1v) is 10.0. The number of halogens is 5. The molecule has 1 unspecified atom stereocenters. The lowest BCUT2D eigenvalue weighted by molar-refractivity contribution is -0.137. The zero-order chi connectivity index (χ0) is 21.8. The Balaban J connectivity index is 1.88. The summed E-state index contributed by atoms with van der Waals surface area (Å²) in [4.78, 5) is 12.1. The molecule has 0 bridgehead atoms. The number of carbonyl (C=O) groups is 1. The van der Waals surface area contributed by atoms with Crippen LogP contribution in [0, 0.1) is 5.82 Å². The van der Waals surface area contributed by atoms with E-state index in [0.29, 0.717) is 10.3 Å². The summed E-state index contributed by atoms with van der Waals surface area (Å²) in [6.07, 6.45) is -4.55. The Morgan fingerprint density at radius 1 is 1.07 bits per heavy atom. The van der Waals surface area contributed by atoms with Crippen LogP contribution in [0.15, 0.2) is 59.5 Å². The van der Waals surface area contributed by atoms with Crippen LogP contribution in [0.2, 0.25) is 5.02 Å². The van der Waals surface area contributed by atoms with Crippen LogP contribution in [0.5, 0.6) is 0 Å². The number of allylic oxidation sites excluding steroid dienone is 1. The Labute approximate surface area is 178 Å². The minimum Gasteiger partial charge on any atom is -0.306 e. The first-order chi connectivity index (χ1) is 14.0. The SMILES string of the molecule is CC1=C(c2cccc(C(F)(F)F)c2)C(=O)C(N)(c2cc(Cl)cc3cccc(F)c23)S1. The molecular formula is C22H14ClF4NOS. The molecule has 1 atom stereocenters. The highest BCUT2D eigenvalue weighted by Gasteiger charge is 2.47.